The van der Waals surface area contributed by atoms with Gasteiger partial charge in [0.1, 0.15) is 0 Å². The molecule has 1 heterocycles. The van der Waals surface area contributed by atoms with Crippen molar-refractivity contribution in [3.63, 3.8) is 0 Å². The van der Waals surface area contributed by atoms with Crippen LogP contribution >= 0.6 is 0 Å². The highest BCUT2D eigenvalue weighted by Gasteiger charge is 2.26. The van der Waals surface area contributed by atoms with Crippen LogP contribution in [0.5, 0.6) is 0 Å². The third kappa shape index (κ3) is 3.82. The van der Waals surface area contributed by atoms with Gasteiger partial charge in [-0.25, -0.2) is 13.4 Å². The highest BCUT2D eigenvalue weighted by Crippen LogP contribution is 2.29. The van der Waals surface area contributed by atoms with Crippen molar-refractivity contribution in [3.05, 3.63) is 85.1 Å². The predicted octanol–water partition coefficient (Wildman–Crippen LogP) is 5.67. The first kappa shape index (κ1) is 19.0. The largest absolute Gasteiger partial charge is 0.436 e. The monoisotopic (exact) mass is 411 g/mol. The van der Waals surface area contributed by atoms with Gasteiger partial charge in [-0.15, -0.1) is 0 Å². The van der Waals surface area contributed by atoms with Gasteiger partial charge in [-0.3, -0.25) is 0 Å². The Hall–Kier alpha value is -3.32. The topological polar surface area (TPSA) is 60.2 Å². The molecular weight excluding hydrogens is 396 g/mol. The first-order valence-electron chi connectivity index (χ1n) is 8.69. The second-order valence-corrected chi connectivity index (χ2v) is 8.22. The van der Waals surface area contributed by atoms with Crippen LogP contribution < -0.4 is 0 Å². The number of hydrogen-bond acceptors (Lipinski definition) is 4. The van der Waals surface area contributed by atoms with Gasteiger partial charge in [-0.2, -0.15) is 8.78 Å². The molecule has 0 atom stereocenters. The van der Waals surface area contributed by atoms with Gasteiger partial charge < -0.3 is 4.42 Å². The molecule has 146 valence electrons. The standard InChI is InChI=1S/C22H15F2NO3S/c23-22(24)29(26,27)19-12-10-18(11-13-19)21-25-14-20(28-21)17-8-6-16(7-9-17)15-4-2-1-3-5-15/h1-14,22H. The van der Waals surface area contributed by atoms with Crippen molar-refractivity contribution in [2.24, 2.45) is 0 Å². The van der Waals surface area contributed by atoms with Crippen LogP contribution in [0.15, 0.2) is 94.4 Å². The number of nitrogens with zero attached hydrogens (tertiary/aromatic N) is 1. The number of aromatic nitrogens is 1. The van der Waals surface area contributed by atoms with E-state index < -0.39 is 20.5 Å². The molecule has 0 N–H and O–H groups in total. The van der Waals surface area contributed by atoms with Gasteiger partial charge in [0, 0.05) is 11.1 Å². The Morgan fingerprint density at radius 2 is 1.28 bits per heavy atom. The Kier molecular flexibility index (Phi) is 4.98. The zero-order chi connectivity index (χ0) is 20.4. The molecule has 4 rings (SSSR count). The zero-order valence-electron chi connectivity index (χ0n) is 15.0. The van der Waals surface area contributed by atoms with Crippen LogP contribution in [0.3, 0.4) is 0 Å². The van der Waals surface area contributed by atoms with Crippen molar-refractivity contribution in [2.75, 3.05) is 0 Å². The lowest BCUT2D eigenvalue weighted by Gasteiger charge is -2.04. The summed E-state index contributed by atoms with van der Waals surface area (Å²) < 4.78 is 54.0. The van der Waals surface area contributed by atoms with Gasteiger partial charge in [0.05, 0.1) is 11.1 Å². The van der Waals surface area contributed by atoms with Crippen molar-refractivity contribution >= 4 is 9.84 Å². The summed E-state index contributed by atoms with van der Waals surface area (Å²) in [5, 5.41) is 0. The van der Waals surface area contributed by atoms with Crippen molar-refractivity contribution < 1.29 is 21.6 Å². The quantitative estimate of drug-likeness (QED) is 0.424. The van der Waals surface area contributed by atoms with E-state index in [1.807, 2.05) is 54.6 Å². The van der Waals surface area contributed by atoms with E-state index >= 15 is 0 Å². The van der Waals surface area contributed by atoms with Crippen molar-refractivity contribution in [1.82, 2.24) is 4.98 Å². The summed E-state index contributed by atoms with van der Waals surface area (Å²) in [6.07, 6.45) is 1.57. The van der Waals surface area contributed by atoms with Crippen LogP contribution in [-0.2, 0) is 9.84 Å². The molecule has 0 saturated carbocycles. The number of alkyl halides is 2. The number of halogens is 2. The Balaban J connectivity index is 1.57. The molecule has 4 aromatic rings. The maximum Gasteiger partial charge on any atom is 0.341 e. The summed E-state index contributed by atoms with van der Waals surface area (Å²) in [5.74, 6) is -2.64. The van der Waals surface area contributed by atoms with Crippen molar-refractivity contribution in [1.29, 1.82) is 0 Å². The Morgan fingerprint density at radius 3 is 1.90 bits per heavy atom. The highest BCUT2D eigenvalue weighted by atomic mass is 32.2. The fourth-order valence-electron chi connectivity index (χ4n) is 2.89. The van der Waals surface area contributed by atoms with Gasteiger partial charge in [-0.05, 0) is 35.4 Å². The molecule has 7 heteroatoms. The van der Waals surface area contributed by atoms with E-state index in [1.54, 1.807) is 6.20 Å². The van der Waals surface area contributed by atoms with Crippen molar-refractivity contribution in [2.45, 2.75) is 10.7 Å². The first-order chi connectivity index (χ1) is 13.9. The lowest BCUT2D eigenvalue weighted by atomic mass is 10.0. The van der Waals surface area contributed by atoms with Gasteiger partial charge >= 0.3 is 5.76 Å². The van der Waals surface area contributed by atoms with Crippen LogP contribution in [0.1, 0.15) is 0 Å². The number of oxazole rings is 1. The number of hydrogen-bond donors (Lipinski definition) is 0. The Labute approximate surface area is 166 Å². The summed E-state index contributed by atoms with van der Waals surface area (Å²) in [6, 6.07) is 22.8. The molecule has 0 fully saturated rings. The average molecular weight is 411 g/mol. The average Bonchev–Trinajstić information content (AvgIpc) is 3.25. The van der Waals surface area contributed by atoms with Crippen LogP contribution in [0.25, 0.3) is 33.9 Å². The molecule has 1 aromatic heterocycles. The van der Waals surface area contributed by atoms with Crippen molar-refractivity contribution in [3.8, 4) is 33.9 Å². The molecule has 0 aliphatic heterocycles. The van der Waals surface area contributed by atoms with Crippen LogP contribution in [0, 0.1) is 0 Å². The molecule has 4 nitrogen and oxygen atoms in total. The maximum atomic E-state index is 12.6. The fraction of sp³-hybridized carbons (Fsp3) is 0.0455. The minimum absolute atomic E-state index is 0.271. The van der Waals surface area contributed by atoms with Crippen LogP contribution in [0.4, 0.5) is 8.78 Å². The lowest BCUT2D eigenvalue weighted by Crippen LogP contribution is -2.11. The Bertz CT molecular complexity index is 1220. The van der Waals surface area contributed by atoms with Gasteiger partial charge in [0.15, 0.2) is 5.76 Å². The van der Waals surface area contributed by atoms with E-state index in [9.17, 15) is 17.2 Å². The molecule has 3 aromatic carbocycles. The lowest BCUT2D eigenvalue weighted by molar-refractivity contribution is 0.234. The number of rotatable bonds is 5. The van der Waals surface area contributed by atoms with Crippen LogP contribution in [-0.4, -0.2) is 19.2 Å². The summed E-state index contributed by atoms with van der Waals surface area (Å²) in [7, 11) is -4.63. The van der Waals surface area contributed by atoms with E-state index in [1.165, 1.54) is 12.1 Å². The predicted molar refractivity (Wildman–Crippen MR) is 106 cm³/mol. The van der Waals surface area contributed by atoms with Gasteiger partial charge in [-0.1, -0.05) is 54.6 Å². The molecule has 0 aliphatic rings. The molecule has 0 amide bonds. The zero-order valence-corrected chi connectivity index (χ0v) is 15.8. The molecule has 0 spiro atoms. The Morgan fingerprint density at radius 1 is 0.724 bits per heavy atom. The molecule has 29 heavy (non-hydrogen) atoms. The summed E-state index contributed by atoms with van der Waals surface area (Å²) >= 11 is 0. The third-order valence-electron chi connectivity index (χ3n) is 4.45. The second kappa shape index (κ2) is 7.60. The molecule has 0 bridgehead atoms. The van der Waals surface area contributed by atoms with E-state index in [4.69, 9.17) is 4.42 Å². The van der Waals surface area contributed by atoms with E-state index in [0.717, 1.165) is 28.8 Å². The van der Waals surface area contributed by atoms with Gasteiger partial charge in [0.2, 0.25) is 15.7 Å². The van der Waals surface area contributed by atoms with Gasteiger partial charge in [0.25, 0.3) is 0 Å². The second-order valence-electron chi connectivity index (χ2n) is 6.30. The smallest absolute Gasteiger partial charge is 0.341 e. The third-order valence-corrected chi connectivity index (χ3v) is 5.84. The number of sulfone groups is 1. The van der Waals surface area contributed by atoms with E-state index in [0.29, 0.717) is 11.3 Å². The SMILES string of the molecule is O=S(=O)(c1ccc(-c2ncc(-c3ccc(-c4ccccc4)cc3)o2)cc1)C(F)F. The summed E-state index contributed by atoms with van der Waals surface area (Å²) in [5.41, 5.74) is 3.51. The fourth-order valence-corrected chi connectivity index (χ4v) is 3.61. The maximum absolute atomic E-state index is 12.6. The number of benzene rings is 3. The molecule has 0 aliphatic carbocycles. The minimum Gasteiger partial charge on any atom is -0.436 e. The molecule has 0 unspecified atom stereocenters. The van der Waals surface area contributed by atoms with Crippen LogP contribution in [0.2, 0.25) is 0 Å². The summed E-state index contributed by atoms with van der Waals surface area (Å²) in [4.78, 5) is 3.76. The van der Waals surface area contributed by atoms with E-state index in [2.05, 4.69) is 4.98 Å². The van der Waals surface area contributed by atoms with E-state index in [-0.39, 0.29) is 5.89 Å². The normalized spacial score (nSPS) is 11.7. The summed E-state index contributed by atoms with van der Waals surface area (Å²) in [6.45, 7) is 0. The minimum atomic E-state index is -4.63. The molecule has 0 radical (unpaired) electrons. The molecule has 0 saturated heterocycles. The first-order valence-corrected chi connectivity index (χ1v) is 10.2. The molecular formula is C22H15F2NO3S. The highest BCUT2D eigenvalue weighted by molar-refractivity contribution is 7.91.